The van der Waals surface area contributed by atoms with Crippen LogP contribution in [0.4, 0.5) is 4.79 Å². The molecule has 6 heteroatoms. The zero-order chi connectivity index (χ0) is 15.2. The average molecular weight is 286 g/mol. The van der Waals surface area contributed by atoms with Gasteiger partial charge in [-0.2, -0.15) is 0 Å². The molecule has 0 radical (unpaired) electrons. The Hall–Kier alpha value is -1.30. The van der Waals surface area contributed by atoms with Crippen LogP contribution in [-0.4, -0.2) is 44.9 Å². The lowest BCUT2D eigenvalue weighted by Gasteiger charge is -2.27. The van der Waals surface area contributed by atoms with Gasteiger partial charge in [0.15, 0.2) is 0 Å². The number of nitrogens with one attached hydrogen (secondary N) is 2. The van der Waals surface area contributed by atoms with E-state index >= 15 is 0 Å². The van der Waals surface area contributed by atoms with Gasteiger partial charge in [-0.25, -0.2) is 4.79 Å². The molecule has 20 heavy (non-hydrogen) atoms. The average Bonchev–Trinajstić information content (AvgIpc) is 2.42. The Kier molecular flexibility index (Phi) is 6.26. The number of hydrogen-bond acceptors (Lipinski definition) is 4. The summed E-state index contributed by atoms with van der Waals surface area (Å²) < 4.78 is 10.2. The zero-order valence-corrected chi connectivity index (χ0v) is 12.8. The van der Waals surface area contributed by atoms with E-state index in [2.05, 4.69) is 15.4 Å². The van der Waals surface area contributed by atoms with E-state index in [-0.39, 0.29) is 24.6 Å². The summed E-state index contributed by atoms with van der Waals surface area (Å²) in [4.78, 5) is 23.2. The number of methoxy groups -OCH3 is 1. The SMILES string of the molecule is COC(=O)C(C)(C)CNC(=O)NC[C@H]1CCO[C@H](C)C1. The van der Waals surface area contributed by atoms with Crippen LogP contribution < -0.4 is 10.6 Å². The predicted octanol–water partition coefficient (Wildman–Crippen LogP) is 1.30. The first kappa shape index (κ1) is 16.8. The number of hydrogen-bond donors (Lipinski definition) is 2. The van der Waals surface area contributed by atoms with Gasteiger partial charge < -0.3 is 20.1 Å². The fourth-order valence-electron chi connectivity index (χ4n) is 2.23. The second-order valence-corrected chi connectivity index (χ2v) is 6.01. The minimum atomic E-state index is -0.723. The van der Waals surface area contributed by atoms with Gasteiger partial charge >= 0.3 is 12.0 Å². The number of carbonyl (C=O) groups is 2. The lowest BCUT2D eigenvalue weighted by molar-refractivity contribution is -0.150. The second kappa shape index (κ2) is 7.47. The van der Waals surface area contributed by atoms with Crippen LogP contribution in [0.15, 0.2) is 0 Å². The Balaban J connectivity index is 2.25. The summed E-state index contributed by atoms with van der Waals surface area (Å²) in [6.45, 7) is 7.15. The van der Waals surface area contributed by atoms with Gasteiger partial charge in [0.1, 0.15) is 0 Å². The third-order valence-electron chi connectivity index (χ3n) is 3.57. The van der Waals surface area contributed by atoms with Crippen molar-refractivity contribution in [2.75, 3.05) is 26.8 Å². The maximum absolute atomic E-state index is 11.7. The molecule has 6 nitrogen and oxygen atoms in total. The van der Waals surface area contributed by atoms with E-state index in [9.17, 15) is 9.59 Å². The summed E-state index contributed by atoms with van der Waals surface area (Å²) in [7, 11) is 1.34. The zero-order valence-electron chi connectivity index (χ0n) is 12.8. The molecule has 0 spiro atoms. The predicted molar refractivity (Wildman–Crippen MR) is 75.3 cm³/mol. The van der Waals surface area contributed by atoms with E-state index in [1.165, 1.54) is 7.11 Å². The molecule has 1 aliphatic heterocycles. The van der Waals surface area contributed by atoms with Crippen molar-refractivity contribution < 1.29 is 19.1 Å². The minimum Gasteiger partial charge on any atom is -0.469 e. The van der Waals surface area contributed by atoms with E-state index in [1.807, 2.05) is 6.92 Å². The van der Waals surface area contributed by atoms with Gasteiger partial charge in [-0.15, -0.1) is 0 Å². The Labute approximate surface area is 120 Å². The molecule has 1 rings (SSSR count). The smallest absolute Gasteiger partial charge is 0.314 e. The highest BCUT2D eigenvalue weighted by Gasteiger charge is 2.29. The first-order chi connectivity index (χ1) is 9.35. The summed E-state index contributed by atoms with van der Waals surface area (Å²) in [5.74, 6) is 0.120. The monoisotopic (exact) mass is 286 g/mol. The van der Waals surface area contributed by atoms with Gasteiger partial charge in [-0.3, -0.25) is 4.79 Å². The number of ether oxygens (including phenoxy) is 2. The van der Waals surface area contributed by atoms with Crippen LogP contribution in [0.1, 0.15) is 33.6 Å². The van der Waals surface area contributed by atoms with Crippen LogP contribution in [0.5, 0.6) is 0 Å². The van der Waals surface area contributed by atoms with Crippen molar-refractivity contribution in [2.45, 2.75) is 39.7 Å². The quantitative estimate of drug-likeness (QED) is 0.747. The summed E-state index contributed by atoms with van der Waals surface area (Å²) in [5, 5.41) is 5.55. The standard InChI is InChI=1S/C14H26N2O4/c1-10-7-11(5-6-20-10)8-15-13(18)16-9-14(2,3)12(17)19-4/h10-11H,5-9H2,1-4H3,(H2,15,16,18)/t10-,11+/m1/s1. The van der Waals surface area contributed by atoms with E-state index in [4.69, 9.17) is 4.74 Å². The van der Waals surface area contributed by atoms with Gasteiger partial charge in [0.2, 0.25) is 0 Å². The normalized spacial score (nSPS) is 23.0. The number of amides is 2. The van der Waals surface area contributed by atoms with Crippen LogP contribution in [-0.2, 0) is 14.3 Å². The van der Waals surface area contributed by atoms with Crippen LogP contribution in [0, 0.1) is 11.3 Å². The van der Waals surface area contributed by atoms with Crippen LogP contribution in [0.3, 0.4) is 0 Å². The van der Waals surface area contributed by atoms with Gasteiger partial charge in [0.05, 0.1) is 18.6 Å². The van der Waals surface area contributed by atoms with Crippen molar-refractivity contribution in [1.82, 2.24) is 10.6 Å². The molecular weight excluding hydrogens is 260 g/mol. The number of esters is 1. The van der Waals surface area contributed by atoms with Crippen molar-refractivity contribution in [3.8, 4) is 0 Å². The third kappa shape index (κ3) is 5.36. The molecule has 0 aromatic rings. The molecule has 0 unspecified atom stereocenters. The first-order valence-corrected chi connectivity index (χ1v) is 7.07. The largest absolute Gasteiger partial charge is 0.469 e. The molecule has 2 atom stereocenters. The molecule has 116 valence electrons. The molecule has 0 saturated carbocycles. The molecule has 0 aliphatic carbocycles. The second-order valence-electron chi connectivity index (χ2n) is 6.01. The fourth-order valence-corrected chi connectivity index (χ4v) is 2.23. The number of rotatable bonds is 5. The van der Waals surface area contributed by atoms with Gasteiger partial charge in [0, 0.05) is 19.7 Å². The van der Waals surface area contributed by atoms with Gasteiger partial charge in [-0.05, 0) is 39.5 Å². The number of carbonyl (C=O) groups excluding carboxylic acids is 2. The van der Waals surface area contributed by atoms with Crippen molar-refractivity contribution in [1.29, 1.82) is 0 Å². The Bertz CT molecular complexity index is 344. The Morgan fingerprint density at radius 1 is 1.35 bits per heavy atom. The highest BCUT2D eigenvalue weighted by molar-refractivity contribution is 5.78. The van der Waals surface area contributed by atoms with Gasteiger partial charge in [0.25, 0.3) is 0 Å². The summed E-state index contributed by atoms with van der Waals surface area (Å²) >= 11 is 0. The number of urea groups is 1. The molecule has 1 heterocycles. The molecule has 1 saturated heterocycles. The summed E-state index contributed by atoms with van der Waals surface area (Å²) in [5.41, 5.74) is -0.723. The highest BCUT2D eigenvalue weighted by atomic mass is 16.5. The Morgan fingerprint density at radius 3 is 2.65 bits per heavy atom. The Morgan fingerprint density at radius 2 is 2.05 bits per heavy atom. The van der Waals surface area contributed by atoms with Crippen molar-refractivity contribution in [3.05, 3.63) is 0 Å². The highest BCUT2D eigenvalue weighted by Crippen LogP contribution is 2.19. The van der Waals surface area contributed by atoms with E-state index in [0.29, 0.717) is 12.5 Å². The lowest BCUT2D eigenvalue weighted by Crippen LogP contribution is -2.45. The van der Waals surface area contributed by atoms with Crippen LogP contribution >= 0.6 is 0 Å². The molecule has 2 N–H and O–H groups in total. The third-order valence-corrected chi connectivity index (χ3v) is 3.57. The van der Waals surface area contributed by atoms with Crippen molar-refractivity contribution in [2.24, 2.45) is 11.3 Å². The maximum atomic E-state index is 11.7. The minimum absolute atomic E-state index is 0.246. The lowest BCUT2D eigenvalue weighted by atomic mass is 9.94. The van der Waals surface area contributed by atoms with Crippen molar-refractivity contribution >= 4 is 12.0 Å². The molecule has 0 bridgehead atoms. The van der Waals surface area contributed by atoms with Crippen LogP contribution in [0.25, 0.3) is 0 Å². The maximum Gasteiger partial charge on any atom is 0.314 e. The topological polar surface area (TPSA) is 76.7 Å². The fraction of sp³-hybridized carbons (Fsp3) is 0.857. The van der Waals surface area contributed by atoms with E-state index in [0.717, 1.165) is 19.4 Å². The van der Waals surface area contributed by atoms with Gasteiger partial charge in [-0.1, -0.05) is 0 Å². The molecule has 1 fully saturated rings. The molecule has 1 aliphatic rings. The summed E-state index contributed by atoms with van der Waals surface area (Å²) in [6.07, 6.45) is 2.20. The van der Waals surface area contributed by atoms with E-state index in [1.54, 1.807) is 13.8 Å². The molecule has 2 amide bonds. The molecule has 0 aromatic heterocycles. The first-order valence-electron chi connectivity index (χ1n) is 7.07. The van der Waals surface area contributed by atoms with Crippen LogP contribution in [0.2, 0.25) is 0 Å². The molecular formula is C14H26N2O4. The van der Waals surface area contributed by atoms with E-state index < -0.39 is 5.41 Å². The van der Waals surface area contributed by atoms with Crippen molar-refractivity contribution in [3.63, 3.8) is 0 Å². The molecule has 0 aromatic carbocycles. The summed E-state index contributed by atoms with van der Waals surface area (Å²) in [6, 6.07) is -0.249.